The summed E-state index contributed by atoms with van der Waals surface area (Å²) in [6.07, 6.45) is 3.68. The van der Waals surface area contributed by atoms with Gasteiger partial charge in [0.15, 0.2) is 6.20 Å². The molecule has 0 aliphatic rings. The standard InChI is InChI=1S/C9H9N2.F6P/c1-11-7-10-6-8-4-2-3-5-9(8)11;1-7(2,3,4,5)6/h2-7H,1H3;/q+1;-1. The topological polar surface area (TPSA) is 16.8 Å². The first-order chi connectivity index (χ1) is 7.83. The molecule has 18 heavy (non-hydrogen) atoms. The second-order valence-electron chi connectivity index (χ2n) is 3.52. The van der Waals surface area contributed by atoms with Crippen molar-refractivity contribution in [2.75, 3.05) is 0 Å². The van der Waals surface area contributed by atoms with Gasteiger partial charge in [-0.25, -0.2) is 4.57 Å². The molecule has 2 aromatic rings. The summed E-state index contributed by atoms with van der Waals surface area (Å²) in [5.41, 5.74) is 1.21. The zero-order valence-electron chi connectivity index (χ0n) is 9.07. The molecule has 0 fully saturated rings. The van der Waals surface area contributed by atoms with Gasteiger partial charge in [-0.3, -0.25) is 0 Å². The molecule has 1 heterocycles. The fraction of sp³-hybridized carbons (Fsp3) is 0.111. The molecule has 2 nitrogen and oxygen atoms in total. The van der Waals surface area contributed by atoms with Crippen molar-refractivity contribution < 1.29 is 29.7 Å². The second-order valence-corrected chi connectivity index (χ2v) is 5.44. The number of halogens is 6. The summed E-state index contributed by atoms with van der Waals surface area (Å²) < 4.78 is 61.2. The predicted molar refractivity (Wildman–Crippen MR) is 56.5 cm³/mol. The third-order valence-corrected chi connectivity index (χ3v) is 1.77. The van der Waals surface area contributed by atoms with Crippen LogP contribution in [0.2, 0.25) is 0 Å². The van der Waals surface area contributed by atoms with Crippen LogP contribution in [0.1, 0.15) is 0 Å². The van der Waals surface area contributed by atoms with Gasteiger partial charge in [0, 0.05) is 0 Å². The summed E-state index contributed by atoms with van der Waals surface area (Å²) in [5, 5.41) is 1.18. The number of hydrogen-bond donors (Lipinski definition) is 0. The molecular formula is C9H9F6N2P. The van der Waals surface area contributed by atoms with Crippen molar-refractivity contribution in [1.29, 1.82) is 0 Å². The molecule has 1 aromatic carbocycles. The Hall–Kier alpha value is -1.43. The Kier molecular flexibility index (Phi) is 3.07. The average Bonchev–Trinajstić information content (AvgIpc) is 2.14. The molecule has 0 bridgehead atoms. The van der Waals surface area contributed by atoms with Crippen LogP contribution in [0.4, 0.5) is 25.2 Å². The fourth-order valence-electron chi connectivity index (χ4n) is 1.19. The van der Waals surface area contributed by atoms with E-state index in [0.717, 1.165) is 0 Å². The predicted octanol–water partition coefficient (Wildman–Crippen LogP) is 4.44. The quantitative estimate of drug-likeness (QED) is 0.398. The second kappa shape index (κ2) is 3.78. The molecule has 0 N–H and O–H groups in total. The van der Waals surface area contributed by atoms with Gasteiger partial charge in [0.2, 0.25) is 0 Å². The van der Waals surface area contributed by atoms with E-state index in [9.17, 15) is 25.2 Å². The van der Waals surface area contributed by atoms with Gasteiger partial charge in [0.1, 0.15) is 5.52 Å². The van der Waals surface area contributed by atoms with Crippen LogP contribution in [0.5, 0.6) is 0 Å². The number of aromatic nitrogens is 2. The first-order valence-electron chi connectivity index (χ1n) is 4.58. The van der Waals surface area contributed by atoms with Gasteiger partial charge in [0.05, 0.1) is 12.4 Å². The van der Waals surface area contributed by atoms with E-state index in [2.05, 4.69) is 17.1 Å². The minimum absolute atomic E-state index is 1.18. The Bertz CT molecular complexity index is 549. The van der Waals surface area contributed by atoms with Gasteiger partial charge in [-0.15, -0.1) is 0 Å². The van der Waals surface area contributed by atoms with E-state index in [0.29, 0.717) is 0 Å². The molecule has 9 heteroatoms. The van der Waals surface area contributed by atoms with Crippen LogP contribution in [0.25, 0.3) is 10.9 Å². The third kappa shape index (κ3) is 7.01. The first-order valence-corrected chi connectivity index (χ1v) is 6.60. The van der Waals surface area contributed by atoms with Crippen molar-refractivity contribution in [3.05, 3.63) is 36.8 Å². The minimum atomic E-state index is -10.7. The molecule has 0 unspecified atom stereocenters. The van der Waals surface area contributed by atoms with Crippen molar-refractivity contribution >= 4 is 18.7 Å². The van der Waals surface area contributed by atoms with Crippen LogP contribution in [-0.4, -0.2) is 4.98 Å². The van der Waals surface area contributed by atoms with Crippen LogP contribution >= 0.6 is 7.81 Å². The number of rotatable bonds is 0. The molecule has 1 aromatic heterocycles. The molecule has 0 aliphatic heterocycles. The van der Waals surface area contributed by atoms with E-state index in [1.54, 1.807) is 0 Å². The molecule has 0 radical (unpaired) electrons. The van der Waals surface area contributed by atoms with E-state index < -0.39 is 7.81 Å². The summed E-state index contributed by atoms with van der Waals surface area (Å²) in [4.78, 5) is 4.08. The van der Waals surface area contributed by atoms with Crippen LogP contribution in [-0.2, 0) is 7.05 Å². The van der Waals surface area contributed by atoms with E-state index in [4.69, 9.17) is 0 Å². The van der Waals surface area contributed by atoms with Gasteiger partial charge in [0.25, 0.3) is 6.33 Å². The average molecular weight is 290 g/mol. The van der Waals surface area contributed by atoms with Crippen molar-refractivity contribution in [1.82, 2.24) is 4.98 Å². The van der Waals surface area contributed by atoms with Crippen molar-refractivity contribution in [2.24, 2.45) is 7.05 Å². The van der Waals surface area contributed by atoms with Crippen molar-refractivity contribution in [3.63, 3.8) is 0 Å². The van der Waals surface area contributed by atoms with Crippen LogP contribution in [0.3, 0.4) is 0 Å². The Morgan fingerprint density at radius 3 is 2.00 bits per heavy atom. The Balaban J connectivity index is 0.000000203. The fourth-order valence-corrected chi connectivity index (χ4v) is 1.19. The van der Waals surface area contributed by atoms with Crippen molar-refractivity contribution in [3.8, 4) is 0 Å². The molecule has 102 valence electrons. The number of aryl methyl sites for hydroxylation is 1. The number of benzene rings is 1. The molecule has 0 amide bonds. The zero-order valence-corrected chi connectivity index (χ0v) is 9.97. The van der Waals surface area contributed by atoms with Gasteiger partial charge in [-0.2, -0.15) is 0 Å². The Morgan fingerprint density at radius 2 is 1.50 bits per heavy atom. The number of para-hydroxylation sites is 1. The number of fused-ring (bicyclic) bond motifs is 1. The number of nitrogens with zero attached hydrogens (tertiary/aromatic N) is 2. The van der Waals surface area contributed by atoms with Gasteiger partial charge < -0.3 is 0 Å². The van der Waals surface area contributed by atoms with Gasteiger partial charge in [-0.05, 0) is 12.1 Å². The normalized spacial score (nSPS) is 15.3. The molecule has 0 saturated carbocycles. The van der Waals surface area contributed by atoms with E-state index in [1.807, 2.05) is 36.3 Å². The van der Waals surface area contributed by atoms with Crippen LogP contribution in [0.15, 0.2) is 36.8 Å². The third-order valence-electron chi connectivity index (χ3n) is 1.77. The molecular weight excluding hydrogens is 281 g/mol. The summed E-state index contributed by atoms with van der Waals surface area (Å²) >= 11 is 0. The summed E-state index contributed by atoms with van der Waals surface area (Å²) in [7, 11) is -8.66. The first kappa shape index (κ1) is 14.6. The Labute approximate surface area is 98.1 Å². The number of hydrogen-bond acceptors (Lipinski definition) is 1. The molecule has 0 aliphatic carbocycles. The summed E-state index contributed by atoms with van der Waals surface area (Å²) in [5.74, 6) is 0. The summed E-state index contributed by atoms with van der Waals surface area (Å²) in [6.45, 7) is 0. The molecule has 0 saturated heterocycles. The Morgan fingerprint density at radius 1 is 1.00 bits per heavy atom. The summed E-state index contributed by atoms with van der Waals surface area (Å²) in [6, 6.07) is 8.19. The maximum atomic E-state index is 9.87. The SMILES string of the molecule is C[n+]1cncc2ccccc21.F[P-](F)(F)(F)(F)F. The van der Waals surface area contributed by atoms with E-state index >= 15 is 0 Å². The van der Waals surface area contributed by atoms with Crippen LogP contribution < -0.4 is 4.57 Å². The monoisotopic (exact) mass is 290 g/mol. The molecule has 0 spiro atoms. The molecule has 0 atom stereocenters. The zero-order chi connectivity index (χ0) is 14.1. The van der Waals surface area contributed by atoms with E-state index in [-0.39, 0.29) is 0 Å². The maximum absolute atomic E-state index is 10.7. The van der Waals surface area contributed by atoms with Crippen LogP contribution in [0, 0.1) is 0 Å². The van der Waals surface area contributed by atoms with Gasteiger partial charge >= 0.3 is 33.0 Å². The van der Waals surface area contributed by atoms with Gasteiger partial charge in [-0.1, -0.05) is 17.1 Å². The molecule has 2 rings (SSSR count). The van der Waals surface area contributed by atoms with Crippen molar-refractivity contribution in [2.45, 2.75) is 0 Å². The van der Waals surface area contributed by atoms with E-state index in [1.165, 1.54) is 10.9 Å².